The van der Waals surface area contributed by atoms with Crippen LogP contribution in [0.25, 0.3) is 0 Å². The summed E-state index contributed by atoms with van der Waals surface area (Å²) in [4.78, 5) is 2.52. The Balaban J connectivity index is 3.22. The molecule has 0 aromatic heterocycles. The van der Waals surface area contributed by atoms with Gasteiger partial charge in [0, 0.05) is 19.0 Å². The van der Waals surface area contributed by atoms with Crippen molar-refractivity contribution in [2.24, 2.45) is 0 Å². The smallest absolute Gasteiger partial charge is 0.377 e. The molecule has 0 saturated heterocycles. The second-order valence-electron chi connectivity index (χ2n) is 3.28. The minimum Gasteiger partial charge on any atom is -0.377 e. The Hall–Kier alpha value is -0.840. The Labute approximate surface area is 91.3 Å². The van der Waals surface area contributed by atoms with E-state index in [0.717, 1.165) is 11.0 Å². The van der Waals surface area contributed by atoms with Crippen molar-refractivity contribution in [2.45, 2.75) is 11.1 Å². The number of halogens is 3. The number of benzene rings is 1. The molecule has 0 amide bonds. The van der Waals surface area contributed by atoms with Gasteiger partial charge in [-0.3, -0.25) is 0 Å². The highest BCUT2D eigenvalue weighted by Gasteiger charge is 2.31. The molecule has 0 radical (unpaired) electrons. The van der Waals surface area contributed by atoms with Crippen LogP contribution < -0.4 is 4.90 Å². The molecule has 0 atom stereocenters. The molecule has 0 saturated carbocycles. The van der Waals surface area contributed by atoms with Gasteiger partial charge in [0.15, 0.2) is 0 Å². The predicted octanol–water partition coefficient (Wildman–Crippen LogP) is 3.49. The minimum atomic E-state index is -4.28. The van der Waals surface area contributed by atoms with Gasteiger partial charge in [-0.2, -0.15) is 13.2 Å². The number of hydrogen-bond donors (Lipinski definition) is 0. The lowest BCUT2D eigenvalue weighted by atomic mass is 10.2. The van der Waals surface area contributed by atoms with Crippen molar-refractivity contribution in [3.63, 3.8) is 0 Å². The van der Waals surface area contributed by atoms with E-state index in [1.54, 1.807) is 19.0 Å². The Morgan fingerprint density at radius 2 is 1.80 bits per heavy atom. The van der Waals surface area contributed by atoms with Crippen LogP contribution in [0.4, 0.5) is 18.9 Å². The minimum absolute atomic E-state index is 0.595. The van der Waals surface area contributed by atoms with Crippen molar-refractivity contribution in [2.75, 3.05) is 25.3 Å². The second-order valence-corrected chi connectivity index (χ2v) is 4.13. The van der Waals surface area contributed by atoms with Gasteiger partial charge in [-0.15, -0.1) is 11.8 Å². The fourth-order valence-corrected chi connectivity index (χ4v) is 1.87. The van der Waals surface area contributed by atoms with Crippen molar-refractivity contribution in [1.29, 1.82) is 0 Å². The van der Waals surface area contributed by atoms with Gasteiger partial charge in [-0.05, 0) is 24.5 Å². The SMILES string of the molecule is CSc1ccc(C(F)(F)F)cc1N(C)C. The molecule has 1 rings (SSSR count). The number of nitrogens with zero attached hydrogens (tertiary/aromatic N) is 1. The number of rotatable bonds is 2. The molecule has 0 spiro atoms. The summed E-state index contributed by atoms with van der Waals surface area (Å²) in [6, 6.07) is 3.79. The third kappa shape index (κ3) is 2.81. The highest BCUT2D eigenvalue weighted by atomic mass is 32.2. The highest BCUT2D eigenvalue weighted by molar-refractivity contribution is 7.98. The molecule has 5 heteroatoms. The zero-order valence-corrected chi connectivity index (χ0v) is 9.54. The van der Waals surface area contributed by atoms with Crippen LogP contribution in [0, 0.1) is 0 Å². The molecule has 1 aromatic carbocycles. The summed E-state index contributed by atoms with van der Waals surface area (Å²) in [6.07, 6.45) is -2.43. The van der Waals surface area contributed by atoms with Crippen LogP contribution in [-0.2, 0) is 6.18 Å². The van der Waals surface area contributed by atoms with E-state index >= 15 is 0 Å². The van der Waals surface area contributed by atoms with Crippen molar-refractivity contribution >= 4 is 17.4 Å². The topological polar surface area (TPSA) is 3.24 Å². The standard InChI is InChI=1S/C10H12F3NS/c1-14(2)8-6-7(10(11,12)13)4-5-9(8)15-3/h4-6H,1-3H3. The van der Waals surface area contributed by atoms with Crippen molar-refractivity contribution in [1.82, 2.24) is 0 Å². The van der Waals surface area contributed by atoms with E-state index in [4.69, 9.17) is 0 Å². The van der Waals surface area contributed by atoms with Gasteiger partial charge < -0.3 is 4.90 Å². The maximum Gasteiger partial charge on any atom is 0.416 e. The molecule has 0 heterocycles. The average molecular weight is 235 g/mol. The van der Waals surface area contributed by atoms with Gasteiger partial charge in [-0.1, -0.05) is 0 Å². The van der Waals surface area contributed by atoms with Gasteiger partial charge in [0.25, 0.3) is 0 Å². The lowest BCUT2D eigenvalue weighted by Crippen LogP contribution is -2.12. The molecule has 1 aromatic rings. The van der Waals surface area contributed by atoms with E-state index in [2.05, 4.69) is 0 Å². The number of thioether (sulfide) groups is 1. The van der Waals surface area contributed by atoms with Crippen LogP contribution in [0.5, 0.6) is 0 Å². The first-order chi connectivity index (χ1) is 6.86. The number of alkyl halides is 3. The van der Waals surface area contributed by atoms with Crippen molar-refractivity contribution in [3.05, 3.63) is 23.8 Å². The molecular formula is C10H12F3NS. The van der Waals surface area contributed by atoms with E-state index in [-0.39, 0.29) is 0 Å². The van der Waals surface area contributed by atoms with Crippen LogP contribution in [0.15, 0.2) is 23.1 Å². The van der Waals surface area contributed by atoms with E-state index in [1.165, 1.54) is 23.9 Å². The zero-order valence-electron chi connectivity index (χ0n) is 8.72. The quantitative estimate of drug-likeness (QED) is 0.722. The van der Waals surface area contributed by atoms with Crippen molar-refractivity contribution in [3.8, 4) is 0 Å². The van der Waals surface area contributed by atoms with Crippen LogP contribution in [0.2, 0.25) is 0 Å². The molecule has 84 valence electrons. The maximum absolute atomic E-state index is 12.4. The zero-order chi connectivity index (χ0) is 11.6. The first kappa shape index (κ1) is 12.2. The van der Waals surface area contributed by atoms with Gasteiger partial charge in [0.2, 0.25) is 0 Å². The Bertz CT molecular complexity index is 347. The molecule has 0 fully saturated rings. The highest BCUT2D eigenvalue weighted by Crippen LogP contribution is 2.35. The molecular weight excluding hydrogens is 223 g/mol. The summed E-state index contributed by atoms with van der Waals surface area (Å²) in [6.45, 7) is 0. The van der Waals surface area contributed by atoms with Crippen LogP contribution in [0.1, 0.15) is 5.56 Å². The van der Waals surface area contributed by atoms with Crippen molar-refractivity contribution < 1.29 is 13.2 Å². The summed E-state index contributed by atoms with van der Waals surface area (Å²) in [5.74, 6) is 0. The first-order valence-electron chi connectivity index (χ1n) is 4.29. The largest absolute Gasteiger partial charge is 0.416 e. The van der Waals surface area contributed by atoms with Crippen LogP contribution in [-0.4, -0.2) is 20.4 Å². The Morgan fingerprint density at radius 3 is 2.20 bits per heavy atom. The molecule has 0 bridgehead atoms. The molecule has 0 aliphatic carbocycles. The van der Waals surface area contributed by atoms with Crippen LogP contribution >= 0.6 is 11.8 Å². The van der Waals surface area contributed by atoms with Gasteiger partial charge in [-0.25, -0.2) is 0 Å². The molecule has 0 aliphatic heterocycles. The molecule has 1 nitrogen and oxygen atoms in total. The van der Waals surface area contributed by atoms with Gasteiger partial charge in [0.1, 0.15) is 0 Å². The van der Waals surface area contributed by atoms with E-state index in [0.29, 0.717) is 5.69 Å². The monoisotopic (exact) mass is 235 g/mol. The predicted molar refractivity (Wildman–Crippen MR) is 57.6 cm³/mol. The first-order valence-corrected chi connectivity index (χ1v) is 5.51. The molecule has 15 heavy (non-hydrogen) atoms. The van der Waals surface area contributed by atoms with Gasteiger partial charge >= 0.3 is 6.18 Å². The van der Waals surface area contributed by atoms with E-state index in [1.807, 2.05) is 6.26 Å². The Morgan fingerprint density at radius 1 is 1.20 bits per heavy atom. The van der Waals surface area contributed by atoms with Gasteiger partial charge in [0.05, 0.1) is 11.3 Å². The van der Waals surface area contributed by atoms with E-state index in [9.17, 15) is 13.2 Å². The lowest BCUT2D eigenvalue weighted by molar-refractivity contribution is -0.137. The average Bonchev–Trinajstić information content (AvgIpc) is 2.15. The molecule has 0 unspecified atom stereocenters. The summed E-state index contributed by atoms with van der Waals surface area (Å²) in [7, 11) is 3.46. The molecule has 0 aliphatic rings. The number of anilines is 1. The fraction of sp³-hybridized carbons (Fsp3) is 0.400. The normalized spacial score (nSPS) is 11.6. The van der Waals surface area contributed by atoms with Crippen LogP contribution in [0.3, 0.4) is 0 Å². The summed E-state index contributed by atoms with van der Waals surface area (Å²) < 4.78 is 37.3. The lowest BCUT2D eigenvalue weighted by Gasteiger charge is -2.18. The summed E-state index contributed by atoms with van der Waals surface area (Å²) in [5.41, 5.74) is -0.0127. The Kier molecular flexibility index (Phi) is 3.54. The summed E-state index contributed by atoms with van der Waals surface area (Å²) >= 11 is 1.43. The number of hydrogen-bond acceptors (Lipinski definition) is 2. The second kappa shape index (κ2) is 4.35. The fourth-order valence-electron chi connectivity index (χ4n) is 1.22. The summed E-state index contributed by atoms with van der Waals surface area (Å²) in [5, 5.41) is 0. The third-order valence-corrected chi connectivity index (χ3v) is 2.77. The molecule has 0 N–H and O–H groups in total. The maximum atomic E-state index is 12.4. The van der Waals surface area contributed by atoms with E-state index < -0.39 is 11.7 Å². The third-order valence-electron chi connectivity index (χ3n) is 1.99.